The van der Waals surface area contributed by atoms with Gasteiger partial charge in [-0.15, -0.1) is 23.1 Å². The molecule has 2 rings (SSSR count). The molecule has 0 spiro atoms. The van der Waals surface area contributed by atoms with Crippen molar-refractivity contribution < 1.29 is 4.79 Å². The van der Waals surface area contributed by atoms with Crippen molar-refractivity contribution in [1.82, 2.24) is 4.98 Å². The highest BCUT2D eigenvalue weighted by Crippen LogP contribution is 2.27. The van der Waals surface area contributed by atoms with Crippen LogP contribution < -0.4 is 0 Å². The molecule has 1 aromatic heterocycles. The Labute approximate surface area is 117 Å². The SMILES string of the molecule is O=C(CSc1ccccc1Br)Cc1nccs1. The molecular formula is C12H10BrNOS2. The Hall–Kier alpha value is -0.650. The zero-order valence-corrected chi connectivity index (χ0v) is 12.1. The molecule has 0 radical (unpaired) electrons. The van der Waals surface area contributed by atoms with Crippen LogP contribution in [0.1, 0.15) is 5.01 Å². The molecule has 0 atom stereocenters. The van der Waals surface area contributed by atoms with Gasteiger partial charge in [0.05, 0.1) is 17.2 Å². The van der Waals surface area contributed by atoms with E-state index in [-0.39, 0.29) is 5.78 Å². The van der Waals surface area contributed by atoms with Crippen molar-refractivity contribution >= 4 is 44.8 Å². The maximum Gasteiger partial charge on any atom is 0.149 e. The van der Waals surface area contributed by atoms with Gasteiger partial charge in [0.15, 0.2) is 0 Å². The van der Waals surface area contributed by atoms with Crippen molar-refractivity contribution in [3.63, 3.8) is 0 Å². The third-order valence-electron chi connectivity index (χ3n) is 2.06. The van der Waals surface area contributed by atoms with Crippen LogP contribution in [0.3, 0.4) is 0 Å². The fourth-order valence-electron chi connectivity index (χ4n) is 1.28. The molecule has 0 unspecified atom stereocenters. The summed E-state index contributed by atoms with van der Waals surface area (Å²) in [5.74, 6) is 0.697. The third-order valence-corrected chi connectivity index (χ3v) is 4.92. The lowest BCUT2D eigenvalue weighted by molar-refractivity contribution is -0.116. The normalized spacial score (nSPS) is 10.4. The number of carbonyl (C=O) groups is 1. The Balaban J connectivity index is 1.86. The Bertz CT molecular complexity index is 499. The predicted octanol–water partition coefficient (Wildman–Crippen LogP) is 3.81. The molecular weight excluding hydrogens is 318 g/mol. The first-order chi connectivity index (χ1) is 8.25. The second-order valence-electron chi connectivity index (χ2n) is 3.36. The summed E-state index contributed by atoms with van der Waals surface area (Å²) in [4.78, 5) is 16.9. The van der Waals surface area contributed by atoms with Crippen LogP contribution in [0, 0.1) is 0 Å². The molecule has 1 heterocycles. The summed E-state index contributed by atoms with van der Waals surface area (Å²) in [6, 6.07) is 7.92. The van der Waals surface area contributed by atoms with Crippen LogP contribution in [0.25, 0.3) is 0 Å². The Morgan fingerprint density at radius 3 is 2.94 bits per heavy atom. The summed E-state index contributed by atoms with van der Waals surface area (Å²) in [6.07, 6.45) is 2.17. The molecule has 88 valence electrons. The van der Waals surface area contributed by atoms with Crippen LogP contribution in [0.5, 0.6) is 0 Å². The minimum Gasteiger partial charge on any atom is -0.298 e. The number of aromatic nitrogens is 1. The number of rotatable bonds is 5. The summed E-state index contributed by atoms with van der Waals surface area (Å²) >= 11 is 6.55. The minimum absolute atomic E-state index is 0.209. The first-order valence-corrected chi connectivity index (χ1v) is 7.69. The number of halogens is 1. The molecule has 0 bridgehead atoms. The standard InChI is InChI=1S/C12H10BrNOS2/c13-10-3-1-2-4-11(10)17-8-9(15)7-12-14-5-6-16-12/h1-6H,7-8H2. The summed E-state index contributed by atoms with van der Waals surface area (Å²) in [7, 11) is 0. The van der Waals surface area contributed by atoms with Crippen LogP contribution in [0.2, 0.25) is 0 Å². The van der Waals surface area contributed by atoms with Crippen LogP contribution in [-0.4, -0.2) is 16.5 Å². The van der Waals surface area contributed by atoms with Gasteiger partial charge in [0.1, 0.15) is 5.78 Å². The number of ketones is 1. The second-order valence-corrected chi connectivity index (χ2v) is 6.21. The van der Waals surface area contributed by atoms with Crippen molar-refractivity contribution in [3.05, 3.63) is 45.3 Å². The van der Waals surface area contributed by atoms with E-state index in [2.05, 4.69) is 20.9 Å². The molecule has 0 saturated heterocycles. The predicted molar refractivity (Wildman–Crippen MR) is 75.7 cm³/mol. The van der Waals surface area contributed by atoms with Gasteiger partial charge in [0.2, 0.25) is 0 Å². The quantitative estimate of drug-likeness (QED) is 0.782. The minimum atomic E-state index is 0.209. The van der Waals surface area contributed by atoms with Gasteiger partial charge in [-0.2, -0.15) is 0 Å². The number of hydrogen-bond acceptors (Lipinski definition) is 4. The maximum atomic E-state index is 11.7. The zero-order valence-electron chi connectivity index (χ0n) is 8.93. The molecule has 2 aromatic rings. The molecule has 0 fully saturated rings. The number of carbonyl (C=O) groups excluding carboxylic acids is 1. The van der Waals surface area contributed by atoms with Crippen LogP contribution in [0.15, 0.2) is 45.2 Å². The monoisotopic (exact) mass is 327 g/mol. The van der Waals surface area contributed by atoms with E-state index in [4.69, 9.17) is 0 Å². The van der Waals surface area contributed by atoms with Crippen molar-refractivity contribution in [2.45, 2.75) is 11.3 Å². The van der Waals surface area contributed by atoms with Gasteiger partial charge in [-0.25, -0.2) is 4.98 Å². The average Bonchev–Trinajstić information content (AvgIpc) is 2.81. The summed E-state index contributed by atoms with van der Waals surface area (Å²) in [5.41, 5.74) is 0. The molecule has 2 nitrogen and oxygen atoms in total. The topological polar surface area (TPSA) is 30.0 Å². The number of benzene rings is 1. The van der Waals surface area contributed by atoms with E-state index < -0.39 is 0 Å². The van der Waals surface area contributed by atoms with Gasteiger partial charge in [-0.1, -0.05) is 12.1 Å². The summed E-state index contributed by atoms with van der Waals surface area (Å²) < 4.78 is 1.03. The van der Waals surface area contributed by atoms with Gasteiger partial charge in [-0.3, -0.25) is 4.79 Å². The van der Waals surface area contributed by atoms with E-state index in [1.807, 2.05) is 29.6 Å². The van der Waals surface area contributed by atoms with E-state index in [9.17, 15) is 4.79 Å². The largest absolute Gasteiger partial charge is 0.298 e. The van der Waals surface area contributed by atoms with Crippen molar-refractivity contribution in [1.29, 1.82) is 0 Å². The Morgan fingerprint density at radius 1 is 1.41 bits per heavy atom. The number of hydrogen-bond donors (Lipinski definition) is 0. The molecule has 0 amide bonds. The van der Waals surface area contributed by atoms with Crippen molar-refractivity contribution in [3.8, 4) is 0 Å². The van der Waals surface area contributed by atoms with Gasteiger partial charge in [-0.05, 0) is 28.1 Å². The fourth-order valence-corrected chi connectivity index (χ4v) is 3.35. The maximum absolute atomic E-state index is 11.7. The van der Waals surface area contributed by atoms with E-state index in [1.165, 1.54) is 11.3 Å². The van der Waals surface area contributed by atoms with E-state index >= 15 is 0 Å². The van der Waals surface area contributed by atoms with E-state index in [0.717, 1.165) is 14.4 Å². The number of thiazole rings is 1. The van der Waals surface area contributed by atoms with Crippen molar-refractivity contribution in [2.75, 3.05) is 5.75 Å². The molecule has 0 saturated carbocycles. The number of Topliss-reactive ketones (excluding diaryl/α,β-unsaturated/α-hetero) is 1. The molecule has 0 aliphatic rings. The van der Waals surface area contributed by atoms with Crippen LogP contribution in [0.4, 0.5) is 0 Å². The van der Waals surface area contributed by atoms with Crippen LogP contribution in [-0.2, 0) is 11.2 Å². The van der Waals surface area contributed by atoms with Gasteiger partial charge in [0, 0.05) is 20.9 Å². The number of thioether (sulfide) groups is 1. The highest BCUT2D eigenvalue weighted by atomic mass is 79.9. The molecule has 0 aliphatic heterocycles. The van der Waals surface area contributed by atoms with Gasteiger partial charge >= 0.3 is 0 Å². The summed E-state index contributed by atoms with van der Waals surface area (Å²) in [6.45, 7) is 0. The average molecular weight is 328 g/mol. The Morgan fingerprint density at radius 2 is 2.24 bits per heavy atom. The number of nitrogens with zero attached hydrogens (tertiary/aromatic N) is 1. The fraction of sp³-hybridized carbons (Fsp3) is 0.167. The zero-order chi connectivity index (χ0) is 12.1. The Kier molecular flexibility index (Phi) is 4.76. The smallest absolute Gasteiger partial charge is 0.149 e. The highest BCUT2D eigenvalue weighted by Gasteiger charge is 2.07. The molecule has 0 aliphatic carbocycles. The second kappa shape index (κ2) is 6.33. The molecule has 1 aromatic carbocycles. The third kappa shape index (κ3) is 3.94. The molecule has 5 heteroatoms. The van der Waals surface area contributed by atoms with Crippen molar-refractivity contribution in [2.24, 2.45) is 0 Å². The van der Waals surface area contributed by atoms with E-state index in [0.29, 0.717) is 12.2 Å². The molecule has 0 N–H and O–H groups in total. The lowest BCUT2D eigenvalue weighted by atomic mass is 10.3. The first-order valence-electron chi connectivity index (χ1n) is 5.03. The first kappa shape index (κ1) is 12.8. The molecule has 17 heavy (non-hydrogen) atoms. The lowest BCUT2D eigenvalue weighted by Crippen LogP contribution is -2.05. The van der Waals surface area contributed by atoms with Crippen LogP contribution >= 0.6 is 39.0 Å². The lowest BCUT2D eigenvalue weighted by Gasteiger charge is -2.02. The van der Waals surface area contributed by atoms with Gasteiger partial charge in [0.25, 0.3) is 0 Å². The summed E-state index contributed by atoms with van der Waals surface area (Å²) in [5, 5.41) is 2.78. The van der Waals surface area contributed by atoms with E-state index in [1.54, 1.807) is 18.0 Å². The highest BCUT2D eigenvalue weighted by molar-refractivity contribution is 9.10. The van der Waals surface area contributed by atoms with Gasteiger partial charge < -0.3 is 0 Å².